The van der Waals surface area contributed by atoms with E-state index in [1.54, 1.807) is 11.8 Å². The number of hydrogen-bond acceptors (Lipinski definition) is 4. The van der Waals surface area contributed by atoms with Gasteiger partial charge in [0.1, 0.15) is 0 Å². The molecule has 0 aliphatic carbocycles. The summed E-state index contributed by atoms with van der Waals surface area (Å²) >= 11 is 1.78. The highest BCUT2D eigenvalue weighted by atomic mass is 32.2. The standard InChI is InChI=1S/C14H22N2OS/c1-15(2)10-13-11-16(8-9-17-13)12-4-6-14(18-3)7-5-12/h4-7,13H,8-11H2,1-3H3/t13-/m0/s1. The lowest BCUT2D eigenvalue weighted by Crippen LogP contribution is -2.46. The average Bonchev–Trinajstić information content (AvgIpc) is 2.38. The second-order valence-electron chi connectivity index (χ2n) is 4.90. The molecular weight excluding hydrogens is 244 g/mol. The van der Waals surface area contributed by atoms with Gasteiger partial charge in [0.2, 0.25) is 0 Å². The minimum Gasteiger partial charge on any atom is -0.373 e. The zero-order valence-corrected chi connectivity index (χ0v) is 12.2. The number of rotatable bonds is 4. The number of nitrogens with zero attached hydrogens (tertiary/aromatic N) is 2. The van der Waals surface area contributed by atoms with Gasteiger partial charge in [-0.05, 0) is 44.6 Å². The molecule has 0 bridgehead atoms. The first-order valence-electron chi connectivity index (χ1n) is 6.34. The molecule has 18 heavy (non-hydrogen) atoms. The van der Waals surface area contributed by atoms with Crippen molar-refractivity contribution < 1.29 is 4.74 Å². The molecule has 1 atom stereocenters. The van der Waals surface area contributed by atoms with Gasteiger partial charge in [0, 0.05) is 30.2 Å². The fraction of sp³-hybridized carbons (Fsp3) is 0.571. The molecule has 0 unspecified atom stereocenters. The lowest BCUT2D eigenvalue weighted by atomic mass is 10.2. The minimum atomic E-state index is 0.314. The Morgan fingerprint density at radius 3 is 2.67 bits per heavy atom. The Morgan fingerprint density at radius 2 is 2.06 bits per heavy atom. The van der Waals surface area contributed by atoms with Gasteiger partial charge >= 0.3 is 0 Å². The van der Waals surface area contributed by atoms with E-state index in [2.05, 4.69) is 54.4 Å². The molecule has 3 nitrogen and oxygen atoms in total. The van der Waals surface area contributed by atoms with E-state index in [-0.39, 0.29) is 0 Å². The predicted octanol–water partition coefficient (Wildman–Crippen LogP) is 2.18. The summed E-state index contributed by atoms with van der Waals surface area (Å²) in [6.45, 7) is 3.78. The topological polar surface area (TPSA) is 15.7 Å². The number of thioether (sulfide) groups is 1. The first-order valence-corrected chi connectivity index (χ1v) is 7.57. The van der Waals surface area contributed by atoms with Crippen LogP contribution in [0.1, 0.15) is 0 Å². The van der Waals surface area contributed by atoms with Crippen LogP contribution in [0.5, 0.6) is 0 Å². The second-order valence-corrected chi connectivity index (χ2v) is 5.78. The molecule has 100 valence electrons. The summed E-state index contributed by atoms with van der Waals surface area (Å²) in [5.74, 6) is 0. The molecule has 1 aromatic rings. The van der Waals surface area contributed by atoms with Gasteiger partial charge in [0.15, 0.2) is 0 Å². The number of benzene rings is 1. The molecule has 1 saturated heterocycles. The highest BCUT2D eigenvalue weighted by molar-refractivity contribution is 7.98. The van der Waals surface area contributed by atoms with Crippen LogP contribution in [0.25, 0.3) is 0 Å². The molecule has 1 aromatic carbocycles. The Kier molecular flexibility index (Phi) is 4.92. The molecule has 0 N–H and O–H groups in total. The highest BCUT2D eigenvalue weighted by Gasteiger charge is 2.21. The van der Waals surface area contributed by atoms with Crippen molar-refractivity contribution in [1.82, 2.24) is 4.90 Å². The van der Waals surface area contributed by atoms with Crippen LogP contribution in [0.4, 0.5) is 5.69 Å². The fourth-order valence-corrected chi connectivity index (χ4v) is 2.67. The van der Waals surface area contributed by atoms with E-state index in [1.165, 1.54) is 10.6 Å². The largest absolute Gasteiger partial charge is 0.373 e. The Labute approximate surface area is 114 Å². The molecule has 0 saturated carbocycles. The average molecular weight is 266 g/mol. The summed E-state index contributed by atoms with van der Waals surface area (Å²) < 4.78 is 5.80. The van der Waals surface area contributed by atoms with Crippen molar-refractivity contribution in [2.24, 2.45) is 0 Å². The van der Waals surface area contributed by atoms with Gasteiger partial charge < -0.3 is 14.5 Å². The number of ether oxygens (including phenoxy) is 1. The Morgan fingerprint density at radius 1 is 1.33 bits per heavy atom. The van der Waals surface area contributed by atoms with Gasteiger partial charge in [-0.25, -0.2) is 0 Å². The second kappa shape index (κ2) is 6.45. The maximum absolute atomic E-state index is 5.80. The molecular formula is C14H22N2OS. The third-order valence-corrected chi connectivity index (χ3v) is 3.89. The van der Waals surface area contributed by atoms with Gasteiger partial charge in [-0.3, -0.25) is 0 Å². The summed E-state index contributed by atoms with van der Waals surface area (Å²) in [4.78, 5) is 5.92. The molecule has 2 rings (SSSR count). The number of hydrogen-bond donors (Lipinski definition) is 0. The SMILES string of the molecule is CSc1ccc(N2CCO[C@@H](CN(C)C)C2)cc1. The van der Waals surface area contributed by atoms with Crippen molar-refractivity contribution in [3.8, 4) is 0 Å². The Hall–Kier alpha value is -0.710. The Bertz CT molecular complexity index is 367. The molecule has 1 heterocycles. The molecule has 0 radical (unpaired) electrons. The van der Waals surface area contributed by atoms with Crippen LogP contribution in [0.3, 0.4) is 0 Å². The van der Waals surface area contributed by atoms with Crippen molar-refractivity contribution in [1.29, 1.82) is 0 Å². The molecule has 1 fully saturated rings. The summed E-state index contributed by atoms with van der Waals surface area (Å²) in [6, 6.07) is 8.81. The summed E-state index contributed by atoms with van der Waals surface area (Å²) in [6.07, 6.45) is 2.42. The first kappa shape index (κ1) is 13.7. The van der Waals surface area contributed by atoms with Crippen LogP contribution in [0.2, 0.25) is 0 Å². The lowest BCUT2D eigenvalue weighted by molar-refractivity contribution is 0.0248. The molecule has 0 aromatic heterocycles. The van der Waals surface area contributed by atoms with Crippen LogP contribution in [0, 0.1) is 0 Å². The Balaban J connectivity index is 1.98. The minimum absolute atomic E-state index is 0.314. The third-order valence-electron chi connectivity index (χ3n) is 3.15. The van der Waals surface area contributed by atoms with Gasteiger partial charge in [0.05, 0.1) is 12.7 Å². The van der Waals surface area contributed by atoms with Gasteiger partial charge in [-0.1, -0.05) is 0 Å². The fourth-order valence-electron chi connectivity index (χ4n) is 2.26. The third kappa shape index (κ3) is 3.64. The summed E-state index contributed by atoms with van der Waals surface area (Å²) in [5, 5.41) is 0. The molecule has 1 aliphatic heterocycles. The first-order chi connectivity index (χ1) is 8.69. The van der Waals surface area contributed by atoms with Crippen molar-refractivity contribution in [3.63, 3.8) is 0 Å². The van der Waals surface area contributed by atoms with E-state index in [0.717, 1.165) is 26.2 Å². The van der Waals surface area contributed by atoms with Crippen LogP contribution in [-0.2, 0) is 4.74 Å². The zero-order valence-electron chi connectivity index (χ0n) is 11.4. The smallest absolute Gasteiger partial charge is 0.0877 e. The van der Waals surface area contributed by atoms with E-state index < -0.39 is 0 Å². The van der Waals surface area contributed by atoms with Gasteiger partial charge in [-0.2, -0.15) is 0 Å². The van der Waals surface area contributed by atoms with Crippen LogP contribution >= 0.6 is 11.8 Å². The van der Waals surface area contributed by atoms with Crippen molar-refractivity contribution >= 4 is 17.4 Å². The van der Waals surface area contributed by atoms with Crippen LogP contribution in [-0.4, -0.2) is 57.6 Å². The monoisotopic (exact) mass is 266 g/mol. The van der Waals surface area contributed by atoms with E-state index in [4.69, 9.17) is 4.74 Å². The van der Waals surface area contributed by atoms with Crippen LogP contribution < -0.4 is 4.90 Å². The quantitative estimate of drug-likeness (QED) is 0.776. The molecule has 0 spiro atoms. The van der Waals surface area contributed by atoms with E-state index in [0.29, 0.717) is 6.10 Å². The van der Waals surface area contributed by atoms with Crippen molar-refractivity contribution in [2.75, 3.05) is 51.5 Å². The maximum Gasteiger partial charge on any atom is 0.0877 e. The zero-order chi connectivity index (χ0) is 13.0. The van der Waals surface area contributed by atoms with Crippen molar-refractivity contribution in [3.05, 3.63) is 24.3 Å². The maximum atomic E-state index is 5.80. The lowest BCUT2D eigenvalue weighted by Gasteiger charge is -2.35. The predicted molar refractivity (Wildman–Crippen MR) is 78.7 cm³/mol. The summed E-state index contributed by atoms with van der Waals surface area (Å²) in [7, 11) is 4.19. The molecule has 4 heteroatoms. The number of morpholine rings is 1. The van der Waals surface area contributed by atoms with E-state index in [9.17, 15) is 0 Å². The molecule has 0 amide bonds. The van der Waals surface area contributed by atoms with E-state index in [1.807, 2.05) is 0 Å². The van der Waals surface area contributed by atoms with Gasteiger partial charge in [-0.15, -0.1) is 11.8 Å². The van der Waals surface area contributed by atoms with Crippen LogP contribution in [0.15, 0.2) is 29.2 Å². The van der Waals surface area contributed by atoms with Crippen molar-refractivity contribution in [2.45, 2.75) is 11.0 Å². The highest BCUT2D eigenvalue weighted by Crippen LogP contribution is 2.22. The summed E-state index contributed by atoms with van der Waals surface area (Å²) in [5.41, 5.74) is 1.31. The van der Waals surface area contributed by atoms with Gasteiger partial charge in [0.25, 0.3) is 0 Å². The molecule has 1 aliphatic rings. The number of likely N-dealkylation sites (N-methyl/N-ethyl adjacent to an activating group) is 1. The number of anilines is 1. The van der Waals surface area contributed by atoms with E-state index >= 15 is 0 Å². The normalized spacial score (nSPS) is 20.4.